The number of carbonyl (C=O) groups is 1. The van der Waals surface area contributed by atoms with Crippen molar-refractivity contribution in [3.05, 3.63) is 59.4 Å². The van der Waals surface area contributed by atoms with Crippen LogP contribution in [0.5, 0.6) is 5.75 Å². The first-order valence-electron chi connectivity index (χ1n) is 8.58. The van der Waals surface area contributed by atoms with Crippen LogP contribution in [0.4, 0.5) is 9.52 Å². The van der Waals surface area contributed by atoms with Crippen molar-refractivity contribution in [2.45, 2.75) is 13.8 Å². The Balaban J connectivity index is 1.63. The molecule has 0 radical (unpaired) electrons. The van der Waals surface area contributed by atoms with Crippen molar-refractivity contribution in [3.8, 4) is 17.1 Å². The number of benzene rings is 2. The predicted octanol–water partition coefficient (Wildman–Crippen LogP) is 3.95. The molecule has 142 valence electrons. The fourth-order valence-corrected chi connectivity index (χ4v) is 3.41. The first-order valence-corrected chi connectivity index (χ1v) is 9.40. The molecule has 0 bridgehead atoms. The van der Waals surface area contributed by atoms with Gasteiger partial charge < -0.3 is 4.74 Å². The lowest BCUT2D eigenvalue weighted by molar-refractivity contribution is 0.102. The summed E-state index contributed by atoms with van der Waals surface area (Å²) < 4.78 is 20.9. The van der Waals surface area contributed by atoms with E-state index in [-0.39, 0.29) is 11.7 Å². The number of rotatable bonds is 5. The summed E-state index contributed by atoms with van der Waals surface area (Å²) >= 11 is 1.17. The zero-order valence-corrected chi connectivity index (χ0v) is 16.0. The number of aryl methyl sites for hydroxylation is 1. The predicted molar refractivity (Wildman–Crippen MR) is 104 cm³/mol. The molecule has 0 saturated carbocycles. The highest BCUT2D eigenvalue weighted by Gasteiger charge is 2.18. The number of para-hydroxylation sites is 1. The SMILES string of the molecule is CCOc1ccccc1C(=O)Nc1nn2c(-c3ccc(C)c(F)c3)nnc2s1. The van der Waals surface area contributed by atoms with Crippen molar-refractivity contribution in [3.63, 3.8) is 0 Å². The number of nitrogens with zero attached hydrogens (tertiary/aromatic N) is 4. The summed E-state index contributed by atoms with van der Waals surface area (Å²) in [4.78, 5) is 13.1. The fraction of sp³-hybridized carbons (Fsp3) is 0.158. The molecule has 0 fully saturated rings. The van der Waals surface area contributed by atoms with Crippen LogP contribution in [0.15, 0.2) is 42.5 Å². The minimum Gasteiger partial charge on any atom is -0.493 e. The van der Waals surface area contributed by atoms with Crippen LogP contribution in [0.1, 0.15) is 22.8 Å². The van der Waals surface area contributed by atoms with Gasteiger partial charge in [0.1, 0.15) is 11.6 Å². The number of fused-ring (bicyclic) bond motifs is 1. The Labute approximate surface area is 163 Å². The van der Waals surface area contributed by atoms with Crippen molar-refractivity contribution in [1.82, 2.24) is 19.8 Å². The molecule has 0 saturated heterocycles. The lowest BCUT2D eigenvalue weighted by atomic mass is 10.1. The van der Waals surface area contributed by atoms with E-state index in [1.165, 1.54) is 21.9 Å². The summed E-state index contributed by atoms with van der Waals surface area (Å²) in [6.07, 6.45) is 0. The molecule has 2 aromatic heterocycles. The van der Waals surface area contributed by atoms with Gasteiger partial charge in [-0.2, -0.15) is 4.52 Å². The van der Waals surface area contributed by atoms with Gasteiger partial charge in [-0.05, 0) is 37.6 Å². The Morgan fingerprint density at radius 2 is 2.07 bits per heavy atom. The lowest BCUT2D eigenvalue weighted by Crippen LogP contribution is -2.13. The monoisotopic (exact) mass is 397 g/mol. The van der Waals surface area contributed by atoms with Crippen LogP contribution < -0.4 is 10.1 Å². The van der Waals surface area contributed by atoms with Gasteiger partial charge in [-0.1, -0.05) is 35.6 Å². The van der Waals surface area contributed by atoms with E-state index in [0.717, 1.165) is 0 Å². The third kappa shape index (κ3) is 3.31. The van der Waals surface area contributed by atoms with E-state index in [4.69, 9.17) is 4.74 Å². The average Bonchev–Trinajstić information content (AvgIpc) is 3.25. The molecule has 4 aromatic rings. The molecular weight excluding hydrogens is 381 g/mol. The van der Waals surface area contributed by atoms with Gasteiger partial charge in [-0.15, -0.1) is 15.3 Å². The number of nitrogens with one attached hydrogen (secondary N) is 1. The van der Waals surface area contributed by atoms with Crippen molar-refractivity contribution in [2.75, 3.05) is 11.9 Å². The van der Waals surface area contributed by atoms with Crippen LogP contribution in [0.3, 0.4) is 0 Å². The van der Waals surface area contributed by atoms with Gasteiger partial charge in [0.05, 0.1) is 12.2 Å². The van der Waals surface area contributed by atoms with Gasteiger partial charge in [-0.3, -0.25) is 10.1 Å². The van der Waals surface area contributed by atoms with E-state index < -0.39 is 0 Å². The van der Waals surface area contributed by atoms with Gasteiger partial charge in [0.2, 0.25) is 10.1 Å². The molecule has 1 amide bonds. The van der Waals surface area contributed by atoms with Crippen LogP contribution in [0, 0.1) is 12.7 Å². The maximum Gasteiger partial charge on any atom is 0.261 e. The van der Waals surface area contributed by atoms with Crippen LogP contribution in [0.2, 0.25) is 0 Å². The molecule has 0 aliphatic carbocycles. The highest BCUT2D eigenvalue weighted by atomic mass is 32.1. The Morgan fingerprint density at radius 3 is 2.86 bits per heavy atom. The summed E-state index contributed by atoms with van der Waals surface area (Å²) in [6, 6.07) is 11.8. The van der Waals surface area contributed by atoms with Crippen molar-refractivity contribution >= 4 is 27.3 Å². The van der Waals surface area contributed by atoms with E-state index in [1.807, 2.05) is 6.92 Å². The van der Waals surface area contributed by atoms with E-state index in [1.54, 1.807) is 43.3 Å². The number of carbonyl (C=O) groups excluding carboxylic acids is 1. The first-order chi connectivity index (χ1) is 13.6. The highest BCUT2D eigenvalue weighted by Crippen LogP contribution is 2.26. The number of amides is 1. The van der Waals surface area contributed by atoms with Crippen molar-refractivity contribution in [2.24, 2.45) is 0 Å². The summed E-state index contributed by atoms with van der Waals surface area (Å²) in [6.45, 7) is 4.00. The van der Waals surface area contributed by atoms with Gasteiger partial charge in [-0.25, -0.2) is 4.39 Å². The fourth-order valence-electron chi connectivity index (χ4n) is 2.68. The Hall–Kier alpha value is -3.33. The first kappa shape index (κ1) is 18.1. The number of halogens is 1. The smallest absolute Gasteiger partial charge is 0.261 e. The number of aromatic nitrogens is 4. The molecule has 7 nitrogen and oxygen atoms in total. The van der Waals surface area contributed by atoms with Crippen molar-refractivity contribution < 1.29 is 13.9 Å². The Kier molecular flexibility index (Phi) is 4.74. The molecule has 0 aliphatic rings. The molecule has 0 atom stereocenters. The molecule has 2 heterocycles. The summed E-state index contributed by atoms with van der Waals surface area (Å²) in [5.41, 5.74) is 1.51. The number of hydrogen-bond acceptors (Lipinski definition) is 6. The van der Waals surface area contributed by atoms with E-state index >= 15 is 0 Å². The molecule has 4 rings (SSSR count). The van der Waals surface area contributed by atoms with Crippen LogP contribution in [0.25, 0.3) is 16.3 Å². The minimum absolute atomic E-state index is 0.328. The van der Waals surface area contributed by atoms with Gasteiger partial charge in [0, 0.05) is 5.56 Å². The minimum atomic E-state index is -0.336. The van der Waals surface area contributed by atoms with Crippen LogP contribution in [-0.4, -0.2) is 32.3 Å². The molecule has 0 unspecified atom stereocenters. The van der Waals surface area contributed by atoms with Crippen LogP contribution in [-0.2, 0) is 0 Å². The standard InChI is InChI=1S/C19H16FN5O2S/c1-3-27-15-7-5-4-6-13(15)17(26)21-18-24-25-16(22-23-19(25)28-18)12-9-8-11(2)14(20)10-12/h4-10H,3H2,1-2H3,(H,21,24,26). The zero-order valence-electron chi connectivity index (χ0n) is 15.1. The molecule has 0 spiro atoms. The quantitative estimate of drug-likeness (QED) is 0.551. The van der Waals surface area contributed by atoms with Gasteiger partial charge in [0.25, 0.3) is 5.91 Å². The van der Waals surface area contributed by atoms with Gasteiger partial charge >= 0.3 is 0 Å². The second-order valence-electron chi connectivity index (χ2n) is 5.97. The molecule has 0 aliphatic heterocycles. The van der Waals surface area contributed by atoms with Crippen LogP contribution >= 0.6 is 11.3 Å². The van der Waals surface area contributed by atoms with E-state index in [9.17, 15) is 9.18 Å². The average molecular weight is 397 g/mol. The topological polar surface area (TPSA) is 81.4 Å². The zero-order chi connectivity index (χ0) is 19.7. The van der Waals surface area contributed by atoms with E-state index in [2.05, 4.69) is 20.6 Å². The largest absolute Gasteiger partial charge is 0.493 e. The summed E-state index contributed by atoms with van der Waals surface area (Å²) in [7, 11) is 0. The Bertz CT molecular complexity index is 1170. The number of anilines is 1. The van der Waals surface area contributed by atoms with E-state index in [0.29, 0.717) is 45.0 Å². The normalized spacial score (nSPS) is 11.0. The molecule has 9 heteroatoms. The Morgan fingerprint density at radius 1 is 1.25 bits per heavy atom. The third-order valence-electron chi connectivity index (χ3n) is 4.07. The third-order valence-corrected chi connectivity index (χ3v) is 4.89. The maximum atomic E-state index is 13.9. The van der Waals surface area contributed by atoms with Crippen molar-refractivity contribution in [1.29, 1.82) is 0 Å². The second-order valence-corrected chi connectivity index (χ2v) is 6.93. The number of hydrogen-bond donors (Lipinski definition) is 1. The molecular formula is C19H16FN5O2S. The van der Waals surface area contributed by atoms with Gasteiger partial charge in [0.15, 0.2) is 5.82 Å². The summed E-state index contributed by atoms with van der Waals surface area (Å²) in [5.74, 6) is 0.240. The lowest BCUT2D eigenvalue weighted by Gasteiger charge is -2.08. The molecule has 2 aromatic carbocycles. The molecule has 28 heavy (non-hydrogen) atoms. The highest BCUT2D eigenvalue weighted by molar-refractivity contribution is 7.20. The second kappa shape index (κ2) is 7.35. The number of ether oxygens (including phenoxy) is 1. The molecule has 1 N–H and O–H groups in total. The maximum absolute atomic E-state index is 13.9. The summed E-state index contributed by atoms with van der Waals surface area (Å²) in [5, 5.41) is 15.6.